The van der Waals surface area contributed by atoms with Gasteiger partial charge in [0.15, 0.2) is 0 Å². The van der Waals surface area contributed by atoms with Gasteiger partial charge in [0.25, 0.3) is 0 Å². The Labute approximate surface area is 93.3 Å². The van der Waals surface area contributed by atoms with E-state index < -0.39 is 0 Å². The van der Waals surface area contributed by atoms with E-state index in [0.717, 1.165) is 13.0 Å². The van der Waals surface area contributed by atoms with E-state index in [-0.39, 0.29) is 16.9 Å². The van der Waals surface area contributed by atoms with Gasteiger partial charge in [0.05, 0.1) is 11.1 Å². The molecule has 0 amide bonds. The summed E-state index contributed by atoms with van der Waals surface area (Å²) >= 11 is 5.69. The zero-order valence-electron chi connectivity index (χ0n) is 8.29. The van der Waals surface area contributed by atoms with E-state index in [1.54, 1.807) is 18.2 Å². The maximum absolute atomic E-state index is 13.5. The molecule has 1 atom stereocenters. The summed E-state index contributed by atoms with van der Waals surface area (Å²) in [6.07, 6.45) is 0.495. The van der Waals surface area contributed by atoms with E-state index >= 15 is 0 Å². The van der Waals surface area contributed by atoms with Crippen molar-refractivity contribution in [3.05, 3.63) is 34.6 Å². The standard InChI is InChI=1S/C11H13ClFNO/c12-10-3-1-2-8(11(10)13)6-14-5-4-9(15)7-14/h1-3,9,15H,4-7H2/t9-/m0/s1. The Morgan fingerprint density at radius 2 is 2.33 bits per heavy atom. The van der Waals surface area contributed by atoms with Gasteiger partial charge in [0.2, 0.25) is 0 Å². The molecule has 0 aliphatic carbocycles. The second kappa shape index (κ2) is 4.47. The first-order valence-electron chi connectivity index (χ1n) is 5.00. The molecule has 82 valence electrons. The fraction of sp³-hybridized carbons (Fsp3) is 0.455. The minimum absolute atomic E-state index is 0.159. The molecule has 0 saturated carbocycles. The van der Waals surface area contributed by atoms with Crippen molar-refractivity contribution >= 4 is 11.6 Å². The second-order valence-corrected chi connectivity index (χ2v) is 4.30. The van der Waals surface area contributed by atoms with Crippen LogP contribution in [0.1, 0.15) is 12.0 Å². The quantitative estimate of drug-likeness (QED) is 0.839. The number of likely N-dealkylation sites (tertiary alicyclic amines) is 1. The average Bonchev–Trinajstić information content (AvgIpc) is 2.59. The van der Waals surface area contributed by atoms with Crippen molar-refractivity contribution in [1.29, 1.82) is 0 Å². The van der Waals surface area contributed by atoms with Gasteiger partial charge in [0, 0.05) is 25.2 Å². The van der Waals surface area contributed by atoms with Gasteiger partial charge in [-0.3, -0.25) is 4.90 Å². The maximum atomic E-state index is 13.5. The maximum Gasteiger partial charge on any atom is 0.146 e. The van der Waals surface area contributed by atoms with E-state index in [1.807, 2.05) is 4.90 Å². The van der Waals surface area contributed by atoms with Crippen LogP contribution in [0, 0.1) is 5.82 Å². The van der Waals surface area contributed by atoms with Crippen molar-refractivity contribution in [2.45, 2.75) is 19.1 Å². The molecule has 4 heteroatoms. The average molecular weight is 230 g/mol. The summed E-state index contributed by atoms with van der Waals surface area (Å²) in [5.41, 5.74) is 0.594. The lowest BCUT2D eigenvalue weighted by Gasteiger charge is -2.15. The number of halogens is 2. The SMILES string of the molecule is O[C@H]1CCN(Cc2cccc(Cl)c2F)C1. The fourth-order valence-corrected chi connectivity index (χ4v) is 2.06. The highest BCUT2D eigenvalue weighted by molar-refractivity contribution is 6.30. The third kappa shape index (κ3) is 2.48. The van der Waals surface area contributed by atoms with Crippen LogP contribution in [-0.2, 0) is 6.54 Å². The molecule has 1 saturated heterocycles. The molecule has 1 fully saturated rings. The highest BCUT2D eigenvalue weighted by Gasteiger charge is 2.21. The lowest BCUT2D eigenvalue weighted by atomic mass is 10.2. The van der Waals surface area contributed by atoms with Gasteiger partial charge in [-0.05, 0) is 12.5 Å². The van der Waals surface area contributed by atoms with Crippen LogP contribution in [0.2, 0.25) is 5.02 Å². The monoisotopic (exact) mass is 229 g/mol. The Morgan fingerprint density at radius 3 is 3.00 bits per heavy atom. The van der Waals surface area contributed by atoms with E-state index in [1.165, 1.54) is 0 Å². The number of hydrogen-bond donors (Lipinski definition) is 1. The predicted molar refractivity (Wildman–Crippen MR) is 57.3 cm³/mol. The van der Waals surface area contributed by atoms with Gasteiger partial charge in [0.1, 0.15) is 5.82 Å². The van der Waals surface area contributed by atoms with E-state index in [9.17, 15) is 9.50 Å². The summed E-state index contributed by atoms with van der Waals surface area (Å²) < 4.78 is 13.5. The first kappa shape index (κ1) is 10.9. The fourth-order valence-electron chi connectivity index (χ4n) is 1.87. The lowest BCUT2D eigenvalue weighted by Crippen LogP contribution is -2.22. The van der Waals surface area contributed by atoms with Gasteiger partial charge in [-0.2, -0.15) is 0 Å². The van der Waals surface area contributed by atoms with Crippen LogP contribution < -0.4 is 0 Å². The molecule has 0 aromatic heterocycles. The number of rotatable bonds is 2. The van der Waals surface area contributed by atoms with Gasteiger partial charge in [-0.15, -0.1) is 0 Å². The van der Waals surface area contributed by atoms with Gasteiger partial charge < -0.3 is 5.11 Å². The van der Waals surface area contributed by atoms with Gasteiger partial charge in [-0.25, -0.2) is 4.39 Å². The van der Waals surface area contributed by atoms with E-state index in [4.69, 9.17) is 11.6 Å². The molecule has 1 N–H and O–H groups in total. The van der Waals surface area contributed by atoms with Crippen LogP contribution >= 0.6 is 11.6 Å². The van der Waals surface area contributed by atoms with Crippen LogP contribution in [0.5, 0.6) is 0 Å². The molecule has 0 radical (unpaired) electrons. The molecule has 1 aromatic carbocycles. The third-order valence-electron chi connectivity index (χ3n) is 2.67. The number of β-amino-alcohol motifs (C(OH)–C–C–N with tert-alkyl or cyclic N) is 1. The first-order valence-corrected chi connectivity index (χ1v) is 5.38. The molecule has 1 aliphatic rings. The molecule has 1 aliphatic heterocycles. The number of nitrogens with zero attached hydrogens (tertiary/aromatic N) is 1. The molecule has 1 aromatic rings. The molecule has 0 spiro atoms. The molecular weight excluding hydrogens is 217 g/mol. The minimum atomic E-state index is -0.347. The molecule has 2 rings (SSSR count). The number of aliphatic hydroxyl groups is 1. The zero-order chi connectivity index (χ0) is 10.8. The molecule has 2 nitrogen and oxygen atoms in total. The third-order valence-corrected chi connectivity index (χ3v) is 2.96. The molecular formula is C11H13ClFNO. The van der Waals surface area contributed by atoms with Crippen molar-refractivity contribution < 1.29 is 9.50 Å². The van der Waals surface area contributed by atoms with Crippen LogP contribution in [-0.4, -0.2) is 29.2 Å². The smallest absolute Gasteiger partial charge is 0.146 e. The Hall–Kier alpha value is -0.640. The van der Waals surface area contributed by atoms with Crippen molar-refractivity contribution in [3.8, 4) is 0 Å². The summed E-state index contributed by atoms with van der Waals surface area (Å²) in [4.78, 5) is 2.03. The predicted octanol–water partition coefficient (Wildman–Crippen LogP) is 2.05. The van der Waals surface area contributed by atoms with E-state index in [0.29, 0.717) is 18.7 Å². The van der Waals surface area contributed by atoms with Gasteiger partial charge in [-0.1, -0.05) is 23.7 Å². The Kier molecular flexibility index (Phi) is 3.24. The number of aliphatic hydroxyl groups excluding tert-OH is 1. The van der Waals surface area contributed by atoms with Crippen LogP contribution in [0.3, 0.4) is 0 Å². The summed E-state index contributed by atoms with van der Waals surface area (Å²) in [5, 5.41) is 9.50. The topological polar surface area (TPSA) is 23.5 Å². The van der Waals surface area contributed by atoms with E-state index in [2.05, 4.69) is 0 Å². The van der Waals surface area contributed by atoms with Crippen LogP contribution in [0.25, 0.3) is 0 Å². The Bertz CT molecular complexity index is 358. The number of benzene rings is 1. The summed E-state index contributed by atoms with van der Waals surface area (Å²) in [7, 11) is 0. The van der Waals surface area contributed by atoms with Crippen molar-refractivity contribution in [2.75, 3.05) is 13.1 Å². The minimum Gasteiger partial charge on any atom is -0.392 e. The molecule has 1 heterocycles. The molecule has 0 unspecified atom stereocenters. The molecule has 15 heavy (non-hydrogen) atoms. The summed E-state index contributed by atoms with van der Waals surface area (Å²) in [5.74, 6) is -0.347. The van der Waals surface area contributed by atoms with Crippen LogP contribution in [0.15, 0.2) is 18.2 Å². The Morgan fingerprint density at radius 1 is 1.53 bits per heavy atom. The van der Waals surface area contributed by atoms with Crippen LogP contribution in [0.4, 0.5) is 4.39 Å². The summed E-state index contributed by atoms with van der Waals surface area (Å²) in [6.45, 7) is 1.95. The second-order valence-electron chi connectivity index (χ2n) is 3.89. The number of hydrogen-bond acceptors (Lipinski definition) is 2. The lowest BCUT2D eigenvalue weighted by molar-refractivity contribution is 0.174. The zero-order valence-corrected chi connectivity index (χ0v) is 9.04. The highest BCUT2D eigenvalue weighted by atomic mass is 35.5. The Balaban J connectivity index is 2.07. The highest BCUT2D eigenvalue weighted by Crippen LogP contribution is 2.20. The summed E-state index contributed by atoms with van der Waals surface area (Å²) in [6, 6.07) is 5.01. The van der Waals surface area contributed by atoms with Crippen molar-refractivity contribution in [2.24, 2.45) is 0 Å². The van der Waals surface area contributed by atoms with Gasteiger partial charge >= 0.3 is 0 Å². The van der Waals surface area contributed by atoms with Crippen molar-refractivity contribution in [3.63, 3.8) is 0 Å². The molecule has 0 bridgehead atoms. The van der Waals surface area contributed by atoms with Crippen molar-refractivity contribution in [1.82, 2.24) is 4.90 Å². The normalized spacial score (nSPS) is 22.2. The first-order chi connectivity index (χ1) is 7.16. The largest absolute Gasteiger partial charge is 0.392 e.